The van der Waals surface area contributed by atoms with Crippen molar-refractivity contribution in [1.29, 1.82) is 0 Å². The topological polar surface area (TPSA) is 76.0 Å². The van der Waals surface area contributed by atoms with E-state index in [0.717, 1.165) is 23.4 Å². The van der Waals surface area contributed by atoms with Gasteiger partial charge in [0.1, 0.15) is 4.21 Å². The monoisotopic (exact) mass is 328 g/mol. The van der Waals surface area contributed by atoms with Gasteiger partial charge in [0.05, 0.1) is 11.9 Å². The third-order valence-corrected chi connectivity index (χ3v) is 6.02. The molecule has 0 spiro atoms. The molecule has 0 bridgehead atoms. The fraction of sp³-hybridized carbons (Fsp3) is 0.462. The van der Waals surface area contributed by atoms with Crippen LogP contribution in [0.15, 0.2) is 22.7 Å². The van der Waals surface area contributed by atoms with E-state index in [1.54, 1.807) is 24.0 Å². The van der Waals surface area contributed by atoms with Gasteiger partial charge in [-0.3, -0.25) is 9.40 Å². The molecule has 0 fully saturated rings. The first-order chi connectivity index (χ1) is 9.92. The summed E-state index contributed by atoms with van der Waals surface area (Å²) in [5.74, 6) is 0. The van der Waals surface area contributed by atoms with Gasteiger partial charge >= 0.3 is 0 Å². The molecule has 0 unspecified atom stereocenters. The van der Waals surface area contributed by atoms with Crippen LogP contribution in [0.1, 0.15) is 23.8 Å². The van der Waals surface area contributed by atoms with E-state index >= 15 is 0 Å². The summed E-state index contributed by atoms with van der Waals surface area (Å²) in [4.78, 5) is 1.05. The summed E-state index contributed by atoms with van der Waals surface area (Å²) in [7, 11) is -1.80. The van der Waals surface area contributed by atoms with Gasteiger partial charge in [0.25, 0.3) is 10.0 Å². The molecule has 0 radical (unpaired) electrons. The lowest BCUT2D eigenvalue weighted by molar-refractivity contribution is 0.603. The normalized spacial score (nSPS) is 11.8. The highest BCUT2D eigenvalue weighted by atomic mass is 32.2. The molecule has 0 atom stereocenters. The summed E-state index contributed by atoms with van der Waals surface area (Å²) in [5.41, 5.74) is 1.46. The van der Waals surface area contributed by atoms with Crippen LogP contribution in [-0.4, -0.2) is 24.7 Å². The molecule has 0 amide bonds. The van der Waals surface area contributed by atoms with Crippen molar-refractivity contribution in [3.05, 3.63) is 28.9 Å². The van der Waals surface area contributed by atoms with E-state index in [0.29, 0.717) is 16.4 Å². The van der Waals surface area contributed by atoms with Gasteiger partial charge < -0.3 is 5.32 Å². The zero-order valence-electron chi connectivity index (χ0n) is 12.4. The molecular weight excluding hydrogens is 308 g/mol. The Morgan fingerprint density at radius 1 is 1.43 bits per heavy atom. The van der Waals surface area contributed by atoms with Gasteiger partial charge in [-0.05, 0) is 31.5 Å². The van der Waals surface area contributed by atoms with Gasteiger partial charge in [0.15, 0.2) is 0 Å². The SMILES string of the molecule is CCCNCc1sc(S(=O)(=O)Nc2cnn(C)c2)cc1C. The van der Waals surface area contributed by atoms with E-state index in [2.05, 4.69) is 22.1 Å². The van der Waals surface area contributed by atoms with Crippen LogP contribution in [0.5, 0.6) is 0 Å². The standard InChI is InChI=1S/C13H20N4O2S2/c1-4-5-14-8-12-10(2)6-13(20-12)21(18,19)16-11-7-15-17(3)9-11/h6-7,9,14,16H,4-5,8H2,1-3H3. The number of nitrogens with zero attached hydrogens (tertiary/aromatic N) is 2. The fourth-order valence-corrected chi connectivity index (χ4v) is 4.44. The first-order valence-corrected chi connectivity index (χ1v) is 9.04. The average Bonchev–Trinajstić information content (AvgIpc) is 2.97. The molecular formula is C13H20N4O2S2. The van der Waals surface area contributed by atoms with E-state index in [-0.39, 0.29) is 0 Å². The highest BCUT2D eigenvalue weighted by molar-refractivity contribution is 7.94. The second kappa shape index (κ2) is 6.59. The molecule has 2 aromatic heterocycles. The van der Waals surface area contributed by atoms with Crippen LogP contribution >= 0.6 is 11.3 Å². The minimum atomic E-state index is -3.54. The molecule has 0 saturated carbocycles. The molecule has 2 heterocycles. The van der Waals surface area contributed by atoms with Crippen LogP contribution in [0.4, 0.5) is 5.69 Å². The van der Waals surface area contributed by atoms with E-state index in [1.807, 2.05) is 6.92 Å². The van der Waals surface area contributed by atoms with Crippen LogP contribution in [0.25, 0.3) is 0 Å². The first kappa shape index (κ1) is 16.0. The molecule has 2 N–H and O–H groups in total. The Morgan fingerprint density at radius 3 is 2.81 bits per heavy atom. The quantitative estimate of drug-likeness (QED) is 0.763. The molecule has 21 heavy (non-hydrogen) atoms. The van der Waals surface area contributed by atoms with Crippen LogP contribution in [0.3, 0.4) is 0 Å². The Labute approximate surface area is 129 Å². The summed E-state index contributed by atoms with van der Waals surface area (Å²) in [6.07, 6.45) is 4.17. The molecule has 0 aliphatic carbocycles. The number of hydrogen-bond acceptors (Lipinski definition) is 5. The Bertz CT molecular complexity index is 704. The minimum absolute atomic E-state index is 0.331. The van der Waals surface area contributed by atoms with Crippen LogP contribution in [0.2, 0.25) is 0 Å². The zero-order chi connectivity index (χ0) is 15.5. The second-order valence-electron chi connectivity index (χ2n) is 4.86. The van der Waals surface area contributed by atoms with E-state index < -0.39 is 10.0 Å². The Morgan fingerprint density at radius 2 is 2.19 bits per heavy atom. The first-order valence-electron chi connectivity index (χ1n) is 6.74. The van der Waals surface area contributed by atoms with Crippen molar-refractivity contribution >= 4 is 27.0 Å². The van der Waals surface area contributed by atoms with Gasteiger partial charge in [-0.1, -0.05) is 6.92 Å². The smallest absolute Gasteiger partial charge is 0.271 e. The number of nitrogens with one attached hydrogen (secondary N) is 2. The molecule has 2 aromatic rings. The maximum Gasteiger partial charge on any atom is 0.271 e. The second-order valence-corrected chi connectivity index (χ2v) is 7.90. The summed E-state index contributed by atoms with van der Waals surface area (Å²) in [6, 6.07) is 1.71. The highest BCUT2D eigenvalue weighted by Crippen LogP contribution is 2.27. The van der Waals surface area contributed by atoms with Crippen molar-refractivity contribution < 1.29 is 8.42 Å². The van der Waals surface area contributed by atoms with Crippen molar-refractivity contribution in [3.8, 4) is 0 Å². The number of hydrogen-bond donors (Lipinski definition) is 2. The van der Waals surface area contributed by atoms with Crippen molar-refractivity contribution in [2.75, 3.05) is 11.3 Å². The minimum Gasteiger partial charge on any atom is -0.312 e. The molecule has 2 rings (SSSR count). The van der Waals surface area contributed by atoms with Gasteiger partial charge in [-0.25, -0.2) is 8.42 Å². The molecule has 0 saturated heterocycles. The van der Waals surface area contributed by atoms with Crippen LogP contribution < -0.4 is 10.0 Å². The zero-order valence-corrected chi connectivity index (χ0v) is 14.0. The molecule has 0 aromatic carbocycles. The lowest BCUT2D eigenvalue weighted by Gasteiger charge is -2.03. The Hall–Kier alpha value is -1.38. The molecule has 0 aliphatic heterocycles. The number of sulfonamides is 1. The molecule has 116 valence electrons. The van der Waals surface area contributed by atoms with Gasteiger partial charge in [0.2, 0.25) is 0 Å². The van der Waals surface area contributed by atoms with E-state index in [4.69, 9.17) is 0 Å². The van der Waals surface area contributed by atoms with Crippen molar-refractivity contribution in [2.24, 2.45) is 7.05 Å². The highest BCUT2D eigenvalue weighted by Gasteiger charge is 2.19. The largest absolute Gasteiger partial charge is 0.312 e. The van der Waals surface area contributed by atoms with Crippen LogP contribution in [0, 0.1) is 6.92 Å². The predicted octanol–water partition coefficient (Wildman–Crippen LogP) is 2.09. The lowest BCUT2D eigenvalue weighted by Crippen LogP contribution is -2.13. The van der Waals surface area contributed by atoms with Crippen molar-refractivity contribution in [3.63, 3.8) is 0 Å². The third kappa shape index (κ3) is 4.05. The summed E-state index contributed by atoms with van der Waals surface area (Å²) < 4.78 is 29.1. The number of aryl methyl sites for hydroxylation is 2. The number of thiophene rings is 1. The van der Waals surface area contributed by atoms with E-state index in [1.165, 1.54) is 17.5 Å². The number of rotatable bonds is 7. The molecule has 6 nitrogen and oxygen atoms in total. The Kier molecular flexibility index (Phi) is 5.02. The van der Waals surface area contributed by atoms with Gasteiger partial charge in [0, 0.05) is 24.7 Å². The van der Waals surface area contributed by atoms with Crippen LogP contribution in [-0.2, 0) is 23.6 Å². The maximum absolute atomic E-state index is 12.3. The summed E-state index contributed by atoms with van der Waals surface area (Å²) in [5, 5.41) is 7.24. The molecule has 0 aliphatic rings. The molecule has 8 heteroatoms. The summed E-state index contributed by atoms with van der Waals surface area (Å²) in [6.45, 7) is 5.66. The number of aromatic nitrogens is 2. The summed E-state index contributed by atoms with van der Waals surface area (Å²) >= 11 is 1.30. The fourth-order valence-electron chi connectivity index (χ4n) is 1.85. The van der Waals surface area contributed by atoms with Crippen molar-refractivity contribution in [2.45, 2.75) is 31.0 Å². The maximum atomic E-state index is 12.3. The average molecular weight is 328 g/mol. The number of anilines is 1. The van der Waals surface area contributed by atoms with Gasteiger partial charge in [-0.2, -0.15) is 5.10 Å². The lowest BCUT2D eigenvalue weighted by atomic mass is 10.3. The van der Waals surface area contributed by atoms with Gasteiger partial charge in [-0.15, -0.1) is 11.3 Å². The Balaban J connectivity index is 2.14. The van der Waals surface area contributed by atoms with E-state index in [9.17, 15) is 8.42 Å². The third-order valence-electron chi connectivity index (χ3n) is 2.93. The predicted molar refractivity (Wildman–Crippen MR) is 85.1 cm³/mol. The van der Waals surface area contributed by atoms with Crippen molar-refractivity contribution in [1.82, 2.24) is 15.1 Å².